The van der Waals surface area contributed by atoms with E-state index in [9.17, 15) is 0 Å². The molecule has 3 nitrogen and oxygen atoms in total. The molecule has 0 bridgehead atoms. The third-order valence-corrected chi connectivity index (χ3v) is 0.748. The van der Waals surface area contributed by atoms with Crippen molar-refractivity contribution in [3.63, 3.8) is 0 Å². The minimum atomic E-state index is -0.00463. The van der Waals surface area contributed by atoms with E-state index < -0.39 is 0 Å². The second kappa shape index (κ2) is 1.85. The van der Waals surface area contributed by atoms with Gasteiger partial charge < -0.3 is 4.42 Å². The largest absolute Gasteiger partial charge is 0.417 e. The zero-order valence-electron chi connectivity index (χ0n) is 3.76. The molecule has 1 aromatic rings. The van der Waals surface area contributed by atoms with E-state index in [4.69, 9.17) is 16.9 Å². The van der Waals surface area contributed by atoms with E-state index in [-0.39, 0.29) is 11.1 Å². The summed E-state index contributed by atoms with van der Waals surface area (Å²) in [5.41, 5.74) is 0. The van der Waals surface area contributed by atoms with Crippen LogP contribution in [0, 0.1) is 11.3 Å². The molecule has 0 aliphatic heterocycles. The summed E-state index contributed by atoms with van der Waals surface area (Å²) >= 11 is 5.26. The summed E-state index contributed by atoms with van der Waals surface area (Å²) in [7, 11) is 0. The van der Waals surface area contributed by atoms with Crippen molar-refractivity contribution in [2.45, 2.75) is 0 Å². The maximum absolute atomic E-state index is 8.09. The second-order valence-corrected chi connectivity index (χ2v) is 1.45. The van der Waals surface area contributed by atoms with Crippen LogP contribution in [0.15, 0.2) is 10.6 Å². The molecule has 0 fully saturated rings. The van der Waals surface area contributed by atoms with E-state index in [0.717, 1.165) is 0 Å². The summed E-state index contributed by atoms with van der Waals surface area (Å²) in [5.74, 6) is -0.00463. The van der Waals surface area contributed by atoms with Crippen LogP contribution in [-0.2, 0) is 0 Å². The lowest BCUT2D eigenvalue weighted by molar-refractivity contribution is 0.544. The highest BCUT2D eigenvalue weighted by atomic mass is 35.5. The molecule has 0 spiro atoms. The maximum atomic E-state index is 8.09. The second-order valence-electron chi connectivity index (χ2n) is 1.08. The van der Waals surface area contributed by atoms with E-state index in [1.54, 1.807) is 6.07 Å². The molecule has 0 atom stereocenters. The summed E-state index contributed by atoms with van der Waals surface area (Å²) in [6, 6.07) is 1.69. The van der Waals surface area contributed by atoms with Gasteiger partial charge in [-0.2, -0.15) is 5.26 Å². The molecule has 0 radical (unpaired) electrons. The van der Waals surface area contributed by atoms with Crippen LogP contribution >= 0.6 is 11.6 Å². The molecule has 0 aliphatic carbocycles. The van der Waals surface area contributed by atoms with Crippen LogP contribution in [0.5, 0.6) is 0 Å². The molecule has 0 amide bonds. The van der Waals surface area contributed by atoms with Gasteiger partial charge in [0.25, 0.3) is 0 Å². The zero-order valence-corrected chi connectivity index (χ0v) is 4.51. The Kier molecular flexibility index (Phi) is 1.18. The Hall–Kier alpha value is -1.01. The van der Waals surface area contributed by atoms with Crippen molar-refractivity contribution >= 4 is 11.6 Å². The van der Waals surface area contributed by atoms with Crippen LogP contribution in [0.3, 0.4) is 0 Å². The fraction of sp³-hybridized carbons (Fsp3) is 0. The topological polar surface area (TPSA) is 49.8 Å². The minimum Gasteiger partial charge on any atom is -0.417 e. The molecule has 1 rings (SSSR count). The average molecular weight is 129 g/mol. The Morgan fingerprint density at radius 3 is 2.88 bits per heavy atom. The average Bonchev–Trinajstić information content (AvgIpc) is 2.14. The van der Waals surface area contributed by atoms with E-state index >= 15 is 0 Å². The summed E-state index contributed by atoms with van der Waals surface area (Å²) in [5, 5.41) is 8.23. The van der Waals surface area contributed by atoms with Crippen LogP contribution in [0.4, 0.5) is 0 Å². The predicted octanol–water partition coefficient (Wildman–Crippen LogP) is 1.20. The number of aromatic nitrogens is 1. The summed E-state index contributed by atoms with van der Waals surface area (Å²) in [6.07, 6.45) is 1.28. The first-order valence-corrected chi connectivity index (χ1v) is 2.22. The summed E-state index contributed by atoms with van der Waals surface area (Å²) < 4.78 is 4.53. The van der Waals surface area contributed by atoms with Crippen molar-refractivity contribution in [2.75, 3.05) is 0 Å². The van der Waals surface area contributed by atoms with Crippen LogP contribution in [0.1, 0.15) is 5.89 Å². The van der Waals surface area contributed by atoms with Crippen LogP contribution in [0.2, 0.25) is 5.22 Å². The van der Waals surface area contributed by atoms with Gasteiger partial charge in [0.2, 0.25) is 5.22 Å². The summed E-state index contributed by atoms with van der Waals surface area (Å²) in [4.78, 5) is 3.47. The number of nitrogens with zero attached hydrogens (tertiary/aromatic N) is 2. The first-order valence-electron chi connectivity index (χ1n) is 1.84. The van der Waals surface area contributed by atoms with Gasteiger partial charge in [0, 0.05) is 0 Å². The Morgan fingerprint density at radius 2 is 2.62 bits per heavy atom. The molecule has 8 heavy (non-hydrogen) atoms. The third kappa shape index (κ3) is 0.796. The van der Waals surface area contributed by atoms with Gasteiger partial charge in [-0.1, -0.05) is 0 Å². The molecule has 1 aromatic heterocycles. The number of nitriles is 1. The quantitative estimate of drug-likeness (QED) is 0.528. The Balaban J connectivity index is 3.05. The SMILES string of the molecule is N#Cc1ncc(Cl)o1. The molecular formula is C4HClN2O. The monoisotopic (exact) mass is 128 g/mol. The van der Waals surface area contributed by atoms with Crippen molar-refractivity contribution in [1.82, 2.24) is 4.98 Å². The maximum Gasteiger partial charge on any atom is 0.301 e. The lowest BCUT2D eigenvalue weighted by atomic mass is 10.8. The van der Waals surface area contributed by atoms with Gasteiger partial charge in [-0.15, -0.1) is 0 Å². The molecule has 40 valence electrons. The van der Waals surface area contributed by atoms with Gasteiger partial charge in [-0.3, -0.25) is 0 Å². The highest BCUT2D eigenvalue weighted by Crippen LogP contribution is 2.07. The predicted molar refractivity (Wildman–Crippen MR) is 26.2 cm³/mol. The Morgan fingerprint density at radius 1 is 1.88 bits per heavy atom. The molecule has 0 unspecified atom stereocenters. The van der Waals surface area contributed by atoms with Crippen LogP contribution < -0.4 is 0 Å². The fourth-order valence-electron chi connectivity index (χ4n) is 0.306. The van der Waals surface area contributed by atoms with Crippen molar-refractivity contribution in [1.29, 1.82) is 5.26 Å². The lowest BCUT2D eigenvalue weighted by Crippen LogP contribution is -1.64. The first-order chi connectivity index (χ1) is 3.83. The molecule has 1 heterocycles. The van der Waals surface area contributed by atoms with E-state index in [1.165, 1.54) is 6.20 Å². The fourth-order valence-corrected chi connectivity index (χ4v) is 0.428. The first kappa shape index (κ1) is 5.13. The van der Waals surface area contributed by atoms with Gasteiger partial charge in [0.15, 0.2) is 6.07 Å². The highest BCUT2D eigenvalue weighted by Gasteiger charge is 1.95. The molecule has 0 aromatic carbocycles. The molecule has 0 aliphatic rings. The molecule has 0 saturated heterocycles. The van der Waals surface area contributed by atoms with Crippen LogP contribution in [0.25, 0.3) is 0 Å². The Labute approximate surface area is 50.5 Å². The van der Waals surface area contributed by atoms with Gasteiger partial charge in [-0.05, 0) is 11.6 Å². The zero-order chi connectivity index (χ0) is 5.98. The van der Waals surface area contributed by atoms with Gasteiger partial charge >= 0.3 is 5.89 Å². The number of rotatable bonds is 0. The summed E-state index contributed by atoms with van der Waals surface area (Å²) in [6.45, 7) is 0. The van der Waals surface area contributed by atoms with Crippen LogP contribution in [-0.4, -0.2) is 4.98 Å². The standard InChI is InChI=1S/C4HClN2O/c5-3-2-7-4(1-6)8-3/h2H. The van der Waals surface area contributed by atoms with Gasteiger partial charge in [0.1, 0.15) is 0 Å². The van der Waals surface area contributed by atoms with Gasteiger partial charge in [0.05, 0.1) is 6.20 Å². The Bertz CT molecular complexity index is 224. The molecule has 0 N–H and O–H groups in total. The van der Waals surface area contributed by atoms with Gasteiger partial charge in [-0.25, -0.2) is 4.98 Å². The van der Waals surface area contributed by atoms with Crippen molar-refractivity contribution in [3.8, 4) is 6.07 Å². The highest BCUT2D eigenvalue weighted by molar-refractivity contribution is 6.28. The van der Waals surface area contributed by atoms with Crippen molar-refractivity contribution in [3.05, 3.63) is 17.3 Å². The number of hydrogen-bond acceptors (Lipinski definition) is 3. The molecule has 4 heteroatoms. The molecule has 0 saturated carbocycles. The number of hydrogen-bond donors (Lipinski definition) is 0. The van der Waals surface area contributed by atoms with E-state index in [2.05, 4.69) is 9.40 Å². The number of oxazole rings is 1. The smallest absolute Gasteiger partial charge is 0.301 e. The lowest BCUT2D eigenvalue weighted by Gasteiger charge is -1.68. The normalized spacial score (nSPS) is 8.50. The van der Waals surface area contributed by atoms with Crippen molar-refractivity contribution in [2.24, 2.45) is 0 Å². The van der Waals surface area contributed by atoms with Crippen molar-refractivity contribution < 1.29 is 4.42 Å². The number of halogens is 1. The molecular weight excluding hydrogens is 128 g/mol. The van der Waals surface area contributed by atoms with E-state index in [0.29, 0.717) is 0 Å². The van der Waals surface area contributed by atoms with E-state index in [1.807, 2.05) is 0 Å². The minimum absolute atomic E-state index is 0.00463. The third-order valence-electron chi connectivity index (χ3n) is 0.573.